The molecule has 0 fully saturated rings. The minimum Gasteiger partial charge on any atom is -0.267 e. The molecule has 0 aliphatic heterocycles. The highest BCUT2D eigenvalue weighted by Gasteiger charge is 2.13. The van der Waals surface area contributed by atoms with Gasteiger partial charge in [-0.2, -0.15) is 10.2 Å². The third-order valence-electron chi connectivity index (χ3n) is 4.01. The van der Waals surface area contributed by atoms with Crippen LogP contribution < -0.4 is 11.0 Å². The van der Waals surface area contributed by atoms with Crippen LogP contribution in [0, 0.1) is 13.8 Å². The van der Waals surface area contributed by atoms with E-state index in [0.717, 1.165) is 11.1 Å². The molecule has 2 N–H and O–H groups in total. The molecule has 6 heteroatoms. The van der Waals surface area contributed by atoms with Gasteiger partial charge in [-0.15, -0.1) is 0 Å². The van der Waals surface area contributed by atoms with E-state index in [4.69, 9.17) is 0 Å². The van der Waals surface area contributed by atoms with Gasteiger partial charge in [0.15, 0.2) is 5.69 Å². The molecule has 1 heterocycles. The number of amides is 1. The van der Waals surface area contributed by atoms with Crippen molar-refractivity contribution >= 4 is 22.4 Å². The average molecular weight is 334 g/mol. The summed E-state index contributed by atoms with van der Waals surface area (Å²) in [5, 5.41) is 11.3. The molecule has 3 rings (SSSR count). The number of aryl methyl sites for hydroxylation is 2. The van der Waals surface area contributed by atoms with E-state index in [1.165, 1.54) is 5.56 Å². The van der Waals surface area contributed by atoms with Gasteiger partial charge in [-0.3, -0.25) is 9.59 Å². The molecule has 0 bridgehead atoms. The molecule has 25 heavy (non-hydrogen) atoms. The zero-order valence-electron chi connectivity index (χ0n) is 14.3. The molecule has 1 aromatic heterocycles. The third kappa shape index (κ3) is 3.33. The van der Waals surface area contributed by atoms with Crippen LogP contribution >= 0.6 is 0 Å². The molecule has 6 nitrogen and oxygen atoms in total. The fourth-order valence-electron chi connectivity index (χ4n) is 2.76. The maximum absolute atomic E-state index is 12.4. The van der Waals surface area contributed by atoms with Crippen molar-refractivity contribution in [3.63, 3.8) is 0 Å². The lowest BCUT2D eigenvalue weighted by molar-refractivity contribution is 0.0950. The maximum Gasteiger partial charge on any atom is 0.292 e. The Morgan fingerprint density at radius 3 is 2.56 bits per heavy atom. The number of benzene rings is 2. The SMILES string of the molecule is C/C(=N\NC(=O)c1n[nH]c(=O)c2ccccc12)c1ccc(C)cc1C. The lowest BCUT2D eigenvalue weighted by Gasteiger charge is -2.07. The largest absolute Gasteiger partial charge is 0.292 e. The van der Waals surface area contributed by atoms with Crippen LogP contribution in [0.5, 0.6) is 0 Å². The Labute approximate surface area is 144 Å². The van der Waals surface area contributed by atoms with Crippen LogP contribution in [-0.4, -0.2) is 21.8 Å². The van der Waals surface area contributed by atoms with Crippen molar-refractivity contribution in [1.82, 2.24) is 15.6 Å². The summed E-state index contributed by atoms with van der Waals surface area (Å²) in [5.74, 6) is -0.475. The number of aromatic nitrogens is 2. The van der Waals surface area contributed by atoms with Crippen LogP contribution in [0.1, 0.15) is 34.1 Å². The first kappa shape index (κ1) is 16.6. The first-order valence-corrected chi connectivity index (χ1v) is 7.87. The number of carbonyl (C=O) groups excluding carboxylic acids is 1. The Morgan fingerprint density at radius 1 is 1.12 bits per heavy atom. The summed E-state index contributed by atoms with van der Waals surface area (Å²) in [4.78, 5) is 24.2. The number of nitrogens with one attached hydrogen (secondary N) is 2. The molecule has 0 atom stereocenters. The van der Waals surface area contributed by atoms with E-state index in [0.29, 0.717) is 16.5 Å². The molecular weight excluding hydrogens is 316 g/mol. The molecule has 0 unspecified atom stereocenters. The smallest absolute Gasteiger partial charge is 0.267 e. The van der Waals surface area contributed by atoms with Crippen molar-refractivity contribution in [3.05, 3.63) is 75.2 Å². The Kier molecular flexibility index (Phi) is 4.43. The van der Waals surface area contributed by atoms with Crippen molar-refractivity contribution in [1.29, 1.82) is 0 Å². The first-order valence-electron chi connectivity index (χ1n) is 7.87. The number of nitrogens with zero attached hydrogens (tertiary/aromatic N) is 2. The molecule has 0 aliphatic carbocycles. The van der Waals surface area contributed by atoms with E-state index in [1.54, 1.807) is 24.3 Å². The van der Waals surface area contributed by atoms with Crippen molar-refractivity contribution in [2.45, 2.75) is 20.8 Å². The zero-order chi connectivity index (χ0) is 18.0. The van der Waals surface area contributed by atoms with Gasteiger partial charge in [0.05, 0.1) is 11.1 Å². The summed E-state index contributed by atoms with van der Waals surface area (Å²) < 4.78 is 0. The van der Waals surface area contributed by atoms with Crippen LogP contribution in [-0.2, 0) is 0 Å². The van der Waals surface area contributed by atoms with Gasteiger partial charge in [0.25, 0.3) is 11.5 Å². The van der Waals surface area contributed by atoms with Gasteiger partial charge in [0, 0.05) is 10.9 Å². The van der Waals surface area contributed by atoms with Gasteiger partial charge in [-0.05, 0) is 32.4 Å². The topological polar surface area (TPSA) is 87.2 Å². The fourth-order valence-corrected chi connectivity index (χ4v) is 2.76. The molecular formula is C19H18N4O2. The Balaban J connectivity index is 1.90. The predicted molar refractivity (Wildman–Crippen MR) is 98.0 cm³/mol. The number of hydrogen-bond acceptors (Lipinski definition) is 4. The van der Waals surface area contributed by atoms with Crippen molar-refractivity contribution in [3.8, 4) is 0 Å². The number of aromatic amines is 1. The number of H-pyrrole nitrogens is 1. The highest BCUT2D eigenvalue weighted by molar-refractivity contribution is 6.06. The Hall–Kier alpha value is -3.28. The van der Waals surface area contributed by atoms with Crippen LogP contribution in [0.3, 0.4) is 0 Å². The van der Waals surface area contributed by atoms with Gasteiger partial charge in [0.1, 0.15) is 0 Å². The lowest BCUT2D eigenvalue weighted by atomic mass is 10.0. The van der Waals surface area contributed by atoms with Crippen molar-refractivity contribution in [2.75, 3.05) is 0 Å². The maximum atomic E-state index is 12.4. The molecule has 1 amide bonds. The number of rotatable bonds is 3. The van der Waals surface area contributed by atoms with E-state index in [2.05, 4.69) is 26.8 Å². The molecule has 0 saturated carbocycles. The summed E-state index contributed by atoms with van der Waals surface area (Å²) in [6.07, 6.45) is 0. The third-order valence-corrected chi connectivity index (χ3v) is 4.01. The second-order valence-electron chi connectivity index (χ2n) is 5.90. The molecule has 0 spiro atoms. The molecule has 0 radical (unpaired) electrons. The second kappa shape index (κ2) is 6.68. The number of carbonyl (C=O) groups is 1. The highest BCUT2D eigenvalue weighted by atomic mass is 16.2. The van der Waals surface area contributed by atoms with Gasteiger partial charge in [0.2, 0.25) is 0 Å². The summed E-state index contributed by atoms with van der Waals surface area (Å²) in [6, 6.07) is 12.9. The normalized spacial score (nSPS) is 11.6. The molecule has 2 aromatic carbocycles. The van der Waals surface area contributed by atoms with E-state index in [1.807, 2.05) is 32.9 Å². The molecule has 0 saturated heterocycles. The predicted octanol–water partition coefficient (Wildman–Crippen LogP) is 2.69. The Morgan fingerprint density at radius 2 is 1.84 bits per heavy atom. The summed E-state index contributed by atoms with van der Waals surface area (Å²) in [6.45, 7) is 5.86. The Bertz CT molecular complexity index is 1050. The minimum atomic E-state index is -0.475. The number of fused-ring (bicyclic) bond motifs is 1. The van der Waals surface area contributed by atoms with Crippen LogP contribution in [0.2, 0.25) is 0 Å². The van der Waals surface area contributed by atoms with Gasteiger partial charge in [-0.1, -0.05) is 42.0 Å². The van der Waals surface area contributed by atoms with E-state index < -0.39 is 5.91 Å². The first-order chi connectivity index (χ1) is 12.0. The van der Waals surface area contributed by atoms with Crippen LogP contribution in [0.15, 0.2) is 52.4 Å². The quantitative estimate of drug-likeness (QED) is 0.570. The summed E-state index contributed by atoms with van der Waals surface area (Å²) >= 11 is 0. The standard InChI is InChI=1S/C19H18N4O2/c1-11-8-9-14(12(2)10-11)13(3)20-23-19(25)17-15-6-4-5-7-16(15)18(24)22-21-17/h4-10H,1-3H3,(H,22,24)(H,23,25)/b20-13+. The average Bonchev–Trinajstić information content (AvgIpc) is 2.60. The molecule has 3 aromatic rings. The van der Waals surface area contributed by atoms with Crippen LogP contribution in [0.25, 0.3) is 10.8 Å². The zero-order valence-corrected chi connectivity index (χ0v) is 14.3. The van der Waals surface area contributed by atoms with E-state index in [-0.39, 0.29) is 11.3 Å². The minimum absolute atomic E-state index is 0.132. The van der Waals surface area contributed by atoms with Crippen LogP contribution in [0.4, 0.5) is 0 Å². The van der Waals surface area contributed by atoms with Crippen molar-refractivity contribution < 1.29 is 4.79 Å². The summed E-state index contributed by atoms with van der Waals surface area (Å²) in [5.41, 5.74) is 6.23. The number of hydrazone groups is 1. The summed E-state index contributed by atoms with van der Waals surface area (Å²) in [7, 11) is 0. The highest BCUT2D eigenvalue weighted by Crippen LogP contribution is 2.13. The van der Waals surface area contributed by atoms with Crippen molar-refractivity contribution in [2.24, 2.45) is 5.10 Å². The monoisotopic (exact) mass is 334 g/mol. The number of hydrogen-bond donors (Lipinski definition) is 2. The van der Waals surface area contributed by atoms with Gasteiger partial charge < -0.3 is 0 Å². The van der Waals surface area contributed by atoms with Gasteiger partial charge in [-0.25, -0.2) is 10.5 Å². The molecule has 0 aliphatic rings. The lowest BCUT2D eigenvalue weighted by Crippen LogP contribution is -2.23. The fraction of sp³-hybridized carbons (Fsp3) is 0.158. The second-order valence-corrected chi connectivity index (χ2v) is 5.90. The molecule has 126 valence electrons. The van der Waals surface area contributed by atoms with E-state index >= 15 is 0 Å². The van der Waals surface area contributed by atoms with E-state index in [9.17, 15) is 9.59 Å². The van der Waals surface area contributed by atoms with Gasteiger partial charge >= 0.3 is 0 Å².